The molecular formula is C11H11IN2O4. The van der Waals surface area contributed by atoms with E-state index < -0.39 is 17.9 Å². The predicted octanol–water partition coefficient (Wildman–Crippen LogP) is 1.80. The second kappa shape index (κ2) is 6.94. The first-order valence-electron chi connectivity index (χ1n) is 5.05. The van der Waals surface area contributed by atoms with E-state index in [2.05, 4.69) is 27.9 Å². The summed E-state index contributed by atoms with van der Waals surface area (Å²) in [6.07, 6.45) is -0.530. The lowest BCUT2D eigenvalue weighted by Gasteiger charge is -2.06. The number of carboxylic acids is 1. The minimum atomic E-state index is -1.08. The Hall–Kier alpha value is -1.64. The molecule has 1 aromatic rings. The van der Waals surface area contributed by atoms with Gasteiger partial charge in [-0.05, 0) is 46.9 Å². The minimum Gasteiger partial charge on any atom is -0.481 e. The molecular weight excluding hydrogens is 351 g/mol. The van der Waals surface area contributed by atoms with Crippen molar-refractivity contribution in [2.45, 2.75) is 12.8 Å². The van der Waals surface area contributed by atoms with Gasteiger partial charge in [-0.3, -0.25) is 14.9 Å². The summed E-state index contributed by atoms with van der Waals surface area (Å²) in [5.74, 6) is -1.70. The topological polar surface area (TPSA) is 95.5 Å². The van der Waals surface area contributed by atoms with Gasteiger partial charge in [-0.25, -0.2) is 4.79 Å². The van der Waals surface area contributed by atoms with Gasteiger partial charge in [0.2, 0.25) is 5.91 Å². The number of benzene rings is 1. The molecule has 0 heterocycles. The average molecular weight is 362 g/mol. The number of halogens is 1. The quantitative estimate of drug-likeness (QED) is 0.712. The van der Waals surface area contributed by atoms with E-state index in [1.165, 1.54) is 0 Å². The monoisotopic (exact) mass is 362 g/mol. The lowest BCUT2D eigenvalue weighted by Crippen LogP contribution is -2.34. The summed E-state index contributed by atoms with van der Waals surface area (Å²) in [5, 5.41) is 12.9. The Kier molecular flexibility index (Phi) is 5.56. The highest BCUT2D eigenvalue weighted by Gasteiger charge is 2.09. The number of hydrogen-bond acceptors (Lipinski definition) is 3. The van der Waals surface area contributed by atoms with Crippen LogP contribution in [0.5, 0.6) is 0 Å². The van der Waals surface area contributed by atoms with E-state index in [1.54, 1.807) is 12.1 Å². The number of hydrogen-bond donors (Lipinski definition) is 3. The summed E-state index contributed by atoms with van der Waals surface area (Å²) < 4.78 is 1.02. The van der Waals surface area contributed by atoms with E-state index >= 15 is 0 Å². The molecule has 3 amide bonds. The second-order valence-corrected chi connectivity index (χ2v) is 4.65. The molecule has 0 atom stereocenters. The largest absolute Gasteiger partial charge is 0.481 e. The number of imide groups is 1. The molecule has 96 valence electrons. The summed E-state index contributed by atoms with van der Waals surface area (Å²) in [5.41, 5.74) is 0.555. The van der Waals surface area contributed by atoms with Gasteiger partial charge in [-0.1, -0.05) is 0 Å². The first-order valence-corrected chi connectivity index (χ1v) is 6.13. The Bertz CT molecular complexity index is 459. The van der Waals surface area contributed by atoms with Gasteiger partial charge in [-0.2, -0.15) is 0 Å². The number of amides is 3. The Morgan fingerprint density at radius 1 is 1.11 bits per heavy atom. The third-order valence-electron chi connectivity index (χ3n) is 1.92. The lowest BCUT2D eigenvalue weighted by molar-refractivity contribution is -0.138. The molecule has 0 bridgehead atoms. The Morgan fingerprint density at radius 3 is 2.28 bits per heavy atom. The minimum absolute atomic E-state index is 0.227. The average Bonchev–Trinajstić information content (AvgIpc) is 2.29. The van der Waals surface area contributed by atoms with Gasteiger partial charge >= 0.3 is 12.0 Å². The molecule has 0 saturated heterocycles. The van der Waals surface area contributed by atoms with Crippen LogP contribution in [0.25, 0.3) is 0 Å². The van der Waals surface area contributed by atoms with Gasteiger partial charge in [0.15, 0.2) is 0 Å². The van der Waals surface area contributed by atoms with Crippen molar-refractivity contribution < 1.29 is 19.5 Å². The normalized spacial score (nSPS) is 9.61. The third kappa shape index (κ3) is 5.62. The fourth-order valence-electron chi connectivity index (χ4n) is 1.11. The number of carbonyl (C=O) groups excluding carboxylic acids is 2. The summed E-state index contributed by atoms with van der Waals surface area (Å²) in [4.78, 5) is 32.8. The van der Waals surface area contributed by atoms with Gasteiger partial charge in [0.1, 0.15) is 0 Å². The maximum atomic E-state index is 11.4. The molecule has 18 heavy (non-hydrogen) atoms. The number of urea groups is 1. The maximum Gasteiger partial charge on any atom is 0.325 e. The van der Waals surface area contributed by atoms with E-state index in [4.69, 9.17) is 5.11 Å². The Labute approximate surface area is 117 Å². The van der Waals surface area contributed by atoms with E-state index in [1.807, 2.05) is 17.4 Å². The number of anilines is 1. The molecule has 1 rings (SSSR count). The van der Waals surface area contributed by atoms with Crippen LogP contribution in [0, 0.1) is 3.57 Å². The van der Waals surface area contributed by atoms with E-state index in [-0.39, 0.29) is 12.8 Å². The van der Waals surface area contributed by atoms with Gasteiger partial charge in [0, 0.05) is 15.7 Å². The molecule has 0 aliphatic carbocycles. The summed E-state index contributed by atoms with van der Waals surface area (Å²) in [6.45, 7) is 0. The van der Waals surface area contributed by atoms with Crippen molar-refractivity contribution in [3.63, 3.8) is 0 Å². The second-order valence-electron chi connectivity index (χ2n) is 3.40. The molecule has 0 spiro atoms. The molecule has 0 fully saturated rings. The molecule has 6 nitrogen and oxygen atoms in total. The van der Waals surface area contributed by atoms with Crippen molar-refractivity contribution >= 4 is 46.2 Å². The lowest BCUT2D eigenvalue weighted by atomic mass is 10.3. The first-order chi connectivity index (χ1) is 8.47. The molecule has 0 aromatic heterocycles. The zero-order chi connectivity index (χ0) is 13.5. The standard InChI is InChI=1S/C11H11IN2O4/c12-7-1-3-8(4-2-7)13-11(18)14-9(15)5-6-10(16)17/h1-4H,5-6H2,(H,16,17)(H2,13,14,15,18). The molecule has 1 aromatic carbocycles. The number of carbonyl (C=O) groups is 3. The fraction of sp³-hybridized carbons (Fsp3) is 0.182. The summed E-state index contributed by atoms with van der Waals surface area (Å²) in [7, 11) is 0. The van der Waals surface area contributed by atoms with Crippen molar-refractivity contribution in [1.82, 2.24) is 5.32 Å². The maximum absolute atomic E-state index is 11.4. The molecule has 0 radical (unpaired) electrons. The molecule has 3 N–H and O–H groups in total. The van der Waals surface area contributed by atoms with Crippen molar-refractivity contribution in [1.29, 1.82) is 0 Å². The summed E-state index contributed by atoms with van der Waals surface area (Å²) in [6, 6.07) is 6.34. The van der Waals surface area contributed by atoms with Gasteiger partial charge in [-0.15, -0.1) is 0 Å². The van der Waals surface area contributed by atoms with Gasteiger partial charge in [0.25, 0.3) is 0 Å². The van der Waals surface area contributed by atoms with E-state index in [0.29, 0.717) is 5.69 Å². The van der Waals surface area contributed by atoms with Crippen LogP contribution in [0.15, 0.2) is 24.3 Å². The van der Waals surface area contributed by atoms with Crippen LogP contribution in [0.4, 0.5) is 10.5 Å². The zero-order valence-corrected chi connectivity index (χ0v) is 11.4. The van der Waals surface area contributed by atoms with Crippen LogP contribution >= 0.6 is 22.6 Å². The van der Waals surface area contributed by atoms with Gasteiger partial charge < -0.3 is 10.4 Å². The van der Waals surface area contributed by atoms with Crippen LogP contribution in [-0.4, -0.2) is 23.0 Å². The van der Waals surface area contributed by atoms with Crippen LogP contribution in [0.1, 0.15) is 12.8 Å². The first kappa shape index (κ1) is 14.4. The van der Waals surface area contributed by atoms with Gasteiger partial charge in [0.05, 0.1) is 6.42 Å². The van der Waals surface area contributed by atoms with Crippen molar-refractivity contribution in [3.8, 4) is 0 Å². The van der Waals surface area contributed by atoms with Crippen molar-refractivity contribution in [3.05, 3.63) is 27.8 Å². The molecule has 0 unspecified atom stereocenters. The van der Waals surface area contributed by atoms with Crippen LogP contribution < -0.4 is 10.6 Å². The van der Waals surface area contributed by atoms with Crippen molar-refractivity contribution in [2.75, 3.05) is 5.32 Å². The number of rotatable bonds is 4. The fourth-order valence-corrected chi connectivity index (χ4v) is 1.46. The van der Waals surface area contributed by atoms with Crippen LogP contribution in [0.3, 0.4) is 0 Å². The Balaban J connectivity index is 2.39. The highest BCUT2D eigenvalue weighted by Crippen LogP contribution is 2.10. The molecule has 0 aliphatic rings. The zero-order valence-electron chi connectivity index (χ0n) is 9.27. The van der Waals surface area contributed by atoms with Crippen LogP contribution in [-0.2, 0) is 9.59 Å². The molecule has 0 aliphatic heterocycles. The number of aliphatic carboxylic acids is 1. The third-order valence-corrected chi connectivity index (χ3v) is 2.64. The molecule has 0 saturated carbocycles. The van der Waals surface area contributed by atoms with E-state index in [9.17, 15) is 14.4 Å². The number of carboxylic acid groups (broad SMARTS) is 1. The SMILES string of the molecule is O=C(O)CCC(=O)NC(=O)Nc1ccc(I)cc1. The van der Waals surface area contributed by atoms with Crippen LogP contribution in [0.2, 0.25) is 0 Å². The Morgan fingerprint density at radius 2 is 1.72 bits per heavy atom. The van der Waals surface area contributed by atoms with Crippen molar-refractivity contribution in [2.24, 2.45) is 0 Å². The predicted molar refractivity (Wildman–Crippen MR) is 73.2 cm³/mol. The summed E-state index contributed by atoms with van der Waals surface area (Å²) >= 11 is 2.13. The highest BCUT2D eigenvalue weighted by molar-refractivity contribution is 14.1. The smallest absolute Gasteiger partial charge is 0.325 e. The highest BCUT2D eigenvalue weighted by atomic mass is 127. The number of nitrogens with one attached hydrogen (secondary N) is 2. The van der Waals surface area contributed by atoms with E-state index in [0.717, 1.165) is 3.57 Å². The molecule has 7 heteroatoms.